The van der Waals surface area contributed by atoms with Gasteiger partial charge in [-0.25, -0.2) is 0 Å². The van der Waals surface area contributed by atoms with Crippen molar-refractivity contribution in [1.29, 1.82) is 0 Å². The SMILES string of the molecule is c1ccc2c(c1)-c1ccccc1C21c2ccccc2-c2ccc(-n3c4ccccc4c4ccc5c6ccccc6oc5c43)cc21. The van der Waals surface area contributed by atoms with Crippen LogP contribution >= 0.6 is 0 Å². The number of rotatable bonds is 1. The smallest absolute Gasteiger partial charge is 0.160 e. The van der Waals surface area contributed by atoms with Crippen LogP contribution in [0.5, 0.6) is 0 Å². The van der Waals surface area contributed by atoms with Crippen LogP contribution in [0.15, 0.2) is 156 Å². The molecule has 0 amide bonds. The number of para-hydroxylation sites is 2. The number of nitrogens with zero attached hydrogens (tertiary/aromatic N) is 1. The highest BCUT2D eigenvalue weighted by atomic mass is 16.3. The molecule has 11 rings (SSSR count). The molecule has 0 saturated carbocycles. The predicted molar refractivity (Wildman–Crippen MR) is 184 cm³/mol. The van der Waals surface area contributed by atoms with Gasteiger partial charge in [-0.1, -0.05) is 121 Å². The highest BCUT2D eigenvalue weighted by molar-refractivity contribution is 6.21. The minimum atomic E-state index is -0.386. The predicted octanol–water partition coefficient (Wildman–Crippen LogP) is 11.0. The largest absolute Gasteiger partial charge is 0.454 e. The molecule has 2 aliphatic rings. The van der Waals surface area contributed by atoms with Crippen LogP contribution in [-0.2, 0) is 5.41 Å². The Balaban J connectivity index is 1.29. The second-order valence-corrected chi connectivity index (χ2v) is 12.4. The molecule has 0 unspecified atom stereocenters. The lowest BCUT2D eigenvalue weighted by Crippen LogP contribution is -2.26. The number of fused-ring (bicyclic) bond motifs is 17. The molecule has 7 aromatic carbocycles. The van der Waals surface area contributed by atoms with E-state index in [1.54, 1.807) is 0 Å². The van der Waals surface area contributed by atoms with Crippen molar-refractivity contribution in [3.05, 3.63) is 174 Å². The van der Waals surface area contributed by atoms with E-state index in [9.17, 15) is 0 Å². The van der Waals surface area contributed by atoms with Crippen LogP contribution in [0, 0.1) is 0 Å². The van der Waals surface area contributed by atoms with Crippen LogP contribution in [-0.4, -0.2) is 4.57 Å². The molecule has 1 spiro atoms. The number of hydrogen-bond donors (Lipinski definition) is 0. The molecule has 0 fully saturated rings. The maximum absolute atomic E-state index is 6.67. The lowest BCUT2D eigenvalue weighted by Gasteiger charge is -2.30. The van der Waals surface area contributed by atoms with Gasteiger partial charge in [-0.3, -0.25) is 0 Å². The summed E-state index contributed by atoms with van der Waals surface area (Å²) in [4.78, 5) is 0. The third-order valence-electron chi connectivity index (χ3n) is 10.4. The summed E-state index contributed by atoms with van der Waals surface area (Å²) in [7, 11) is 0. The molecule has 2 aromatic heterocycles. The van der Waals surface area contributed by atoms with Gasteiger partial charge in [0.15, 0.2) is 5.58 Å². The molecule has 0 aliphatic heterocycles. The molecule has 0 saturated heterocycles. The Hall–Kier alpha value is -5.86. The summed E-state index contributed by atoms with van der Waals surface area (Å²) in [6.45, 7) is 0. The number of benzene rings is 7. The minimum Gasteiger partial charge on any atom is -0.454 e. The van der Waals surface area contributed by atoms with E-state index in [-0.39, 0.29) is 5.41 Å². The summed E-state index contributed by atoms with van der Waals surface area (Å²) in [5, 5.41) is 4.72. The minimum absolute atomic E-state index is 0.386. The number of aromatic nitrogens is 1. The average molecular weight is 572 g/mol. The van der Waals surface area contributed by atoms with Gasteiger partial charge in [-0.05, 0) is 74.8 Å². The zero-order valence-electron chi connectivity index (χ0n) is 24.3. The van der Waals surface area contributed by atoms with E-state index < -0.39 is 0 Å². The van der Waals surface area contributed by atoms with Crippen molar-refractivity contribution in [2.45, 2.75) is 5.41 Å². The fraction of sp³-hybridized carbons (Fsp3) is 0.0233. The van der Waals surface area contributed by atoms with Crippen LogP contribution in [0.25, 0.3) is 71.7 Å². The molecule has 0 N–H and O–H groups in total. The second-order valence-electron chi connectivity index (χ2n) is 12.4. The summed E-state index contributed by atoms with van der Waals surface area (Å²) in [6, 6.07) is 55.7. The molecule has 208 valence electrons. The van der Waals surface area contributed by atoms with Crippen LogP contribution in [0.4, 0.5) is 0 Å². The van der Waals surface area contributed by atoms with Gasteiger partial charge < -0.3 is 8.98 Å². The maximum Gasteiger partial charge on any atom is 0.160 e. The fourth-order valence-electron chi connectivity index (χ4n) is 8.72. The fourth-order valence-corrected chi connectivity index (χ4v) is 8.72. The molecular weight excluding hydrogens is 546 g/mol. The maximum atomic E-state index is 6.67. The summed E-state index contributed by atoms with van der Waals surface area (Å²) < 4.78 is 9.10. The van der Waals surface area contributed by atoms with Crippen molar-refractivity contribution in [2.24, 2.45) is 0 Å². The zero-order valence-corrected chi connectivity index (χ0v) is 24.3. The Morgan fingerprint density at radius 1 is 0.422 bits per heavy atom. The van der Waals surface area contributed by atoms with Gasteiger partial charge in [0, 0.05) is 27.2 Å². The van der Waals surface area contributed by atoms with E-state index in [4.69, 9.17) is 4.42 Å². The Morgan fingerprint density at radius 2 is 0.978 bits per heavy atom. The third kappa shape index (κ3) is 2.73. The summed E-state index contributed by atoms with van der Waals surface area (Å²) in [6.07, 6.45) is 0. The average Bonchev–Trinajstić information content (AvgIpc) is 3.82. The van der Waals surface area contributed by atoms with E-state index in [2.05, 4.69) is 150 Å². The van der Waals surface area contributed by atoms with E-state index in [1.165, 1.54) is 60.8 Å². The second kappa shape index (κ2) is 8.19. The molecule has 2 nitrogen and oxygen atoms in total. The Morgan fingerprint density at radius 3 is 1.69 bits per heavy atom. The molecule has 0 bridgehead atoms. The molecular formula is C43H25NO. The highest BCUT2D eigenvalue weighted by Gasteiger charge is 2.51. The first-order valence-corrected chi connectivity index (χ1v) is 15.6. The van der Waals surface area contributed by atoms with E-state index >= 15 is 0 Å². The normalized spacial score (nSPS) is 14.0. The highest BCUT2D eigenvalue weighted by Crippen LogP contribution is 2.63. The van der Waals surface area contributed by atoms with Gasteiger partial charge in [-0.2, -0.15) is 0 Å². The van der Waals surface area contributed by atoms with Gasteiger partial charge in [0.05, 0.1) is 16.4 Å². The number of hydrogen-bond acceptors (Lipinski definition) is 1. The van der Waals surface area contributed by atoms with Crippen LogP contribution in [0.1, 0.15) is 22.3 Å². The first kappa shape index (κ1) is 23.6. The lowest BCUT2D eigenvalue weighted by atomic mass is 9.70. The molecule has 0 radical (unpaired) electrons. The Kier molecular flexibility index (Phi) is 4.29. The Bertz CT molecular complexity index is 2660. The molecule has 0 atom stereocenters. The van der Waals surface area contributed by atoms with E-state index in [0.717, 1.165) is 33.1 Å². The summed E-state index contributed by atoms with van der Waals surface area (Å²) in [5.74, 6) is 0. The van der Waals surface area contributed by atoms with E-state index in [1.807, 2.05) is 6.07 Å². The quantitative estimate of drug-likeness (QED) is 0.192. The van der Waals surface area contributed by atoms with Gasteiger partial charge in [0.1, 0.15) is 5.58 Å². The van der Waals surface area contributed by atoms with Crippen LogP contribution in [0.2, 0.25) is 0 Å². The van der Waals surface area contributed by atoms with Crippen LogP contribution < -0.4 is 0 Å². The lowest BCUT2D eigenvalue weighted by molar-refractivity contribution is 0.671. The molecule has 2 heterocycles. The van der Waals surface area contributed by atoms with Crippen molar-refractivity contribution in [3.8, 4) is 27.9 Å². The molecule has 45 heavy (non-hydrogen) atoms. The molecule has 9 aromatic rings. The van der Waals surface area contributed by atoms with Crippen molar-refractivity contribution in [1.82, 2.24) is 4.57 Å². The zero-order chi connectivity index (χ0) is 29.3. The summed E-state index contributed by atoms with van der Waals surface area (Å²) >= 11 is 0. The first-order chi connectivity index (χ1) is 22.3. The van der Waals surface area contributed by atoms with Crippen molar-refractivity contribution < 1.29 is 4.42 Å². The topological polar surface area (TPSA) is 18.1 Å². The van der Waals surface area contributed by atoms with Crippen molar-refractivity contribution >= 4 is 43.7 Å². The van der Waals surface area contributed by atoms with Gasteiger partial charge in [0.2, 0.25) is 0 Å². The molecule has 2 heteroatoms. The Labute approximate surface area is 259 Å². The number of furan rings is 1. The van der Waals surface area contributed by atoms with Crippen LogP contribution in [0.3, 0.4) is 0 Å². The van der Waals surface area contributed by atoms with Crippen molar-refractivity contribution in [3.63, 3.8) is 0 Å². The molecule has 2 aliphatic carbocycles. The summed E-state index contributed by atoms with van der Waals surface area (Å²) in [5.41, 5.74) is 15.6. The first-order valence-electron chi connectivity index (χ1n) is 15.6. The third-order valence-corrected chi connectivity index (χ3v) is 10.4. The standard InChI is InChI=1S/C43H25NO/c1-6-16-35-27(11-1)28-12-2-7-17-36(28)43(35)37-18-8-3-13-29(37)30-22-21-26(25-38(30)43)44-39-19-9-4-14-31(39)33-23-24-34-32-15-5-10-20-40(32)45-42(34)41(33)44/h1-25H. The van der Waals surface area contributed by atoms with Gasteiger partial charge in [0.25, 0.3) is 0 Å². The van der Waals surface area contributed by atoms with E-state index in [0.29, 0.717) is 0 Å². The van der Waals surface area contributed by atoms with Gasteiger partial charge in [-0.15, -0.1) is 0 Å². The van der Waals surface area contributed by atoms with Crippen molar-refractivity contribution in [2.75, 3.05) is 0 Å². The monoisotopic (exact) mass is 571 g/mol. The van der Waals surface area contributed by atoms with Gasteiger partial charge >= 0.3 is 0 Å².